The van der Waals surface area contributed by atoms with Crippen molar-refractivity contribution in [3.05, 3.63) is 57.9 Å². The average Bonchev–Trinajstić information content (AvgIpc) is 3.54. The maximum absolute atomic E-state index is 13.3. The van der Waals surface area contributed by atoms with E-state index in [0.717, 1.165) is 66.7 Å². The Hall–Kier alpha value is -2.68. The molecule has 4 heterocycles. The molecule has 0 saturated carbocycles. The number of hydrogen-bond acceptors (Lipinski definition) is 6. The number of fused-ring (bicyclic) bond motifs is 1. The van der Waals surface area contributed by atoms with Crippen molar-refractivity contribution in [2.45, 2.75) is 12.5 Å². The summed E-state index contributed by atoms with van der Waals surface area (Å²) in [6.45, 7) is 5.20. The molecule has 8 heteroatoms. The van der Waals surface area contributed by atoms with Crippen molar-refractivity contribution in [2.75, 3.05) is 46.5 Å². The van der Waals surface area contributed by atoms with Crippen LogP contribution in [0.15, 0.2) is 41.8 Å². The average molecular weight is 439 g/mol. The van der Waals surface area contributed by atoms with Gasteiger partial charge in [0, 0.05) is 42.2 Å². The maximum Gasteiger partial charge on any atom is 0.273 e. The summed E-state index contributed by atoms with van der Waals surface area (Å²) < 4.78 is 10.7. The van der Waals surface area contributed by atoms with Gasteiger partial charge >= 0.3 is 0 Å². The molecule has 1 fully saturated rings. The van der Waals surface area contributed by atoms with Gasteiger partial charge in [0.15, 0.2) is 0 Å². The van der Waals surface area contributed by atoms with E-state index >= 15 is 0 Å². The molecule has 2 aliphatic rings. The Balaban J connectivity index is 1.42. The zero-order valence-corrected chi connectivity index (χ0v) is 18.4. The van der Waals surface area contributed by atoms with Gasteiger partial charge in [0.2, 0.25) is 0 Å². The highest BCUT2D eigenvalue weighted by Gasteiger charge is 2.42. The molecule has 2 aliphatic heterocycles. The first-order valence-corrected chi connectivity index (χ1v) is 11.5. The molecule has 31 heavy (non-hydrogen) atoms. The number of morpholine rings is 1. The molecule has 2 aromatic heterocycles. The minimum absolute atomic E-state index is 0.0302. The minimum atomic E-state index is -0.108. The monoisotopic (exact) mass is 438 g/mol. The fourth-order valence-corrected chi connectivity index (χ4v) is 5.27. The Morgan fingerprint density at radius 1 is 1.19 bits per heavy atom. The van der Waals surface area contributed by atoms with Gasteiger partial charge in [0.1, 0.15) is 11.4 Å². The first kappa shape index (κ1) is 20.2. The number of thiophene rings is 1. The van der Waals surface area contributed by atoms with E-state index in [1.165, 1.54) is 0 Å². The molecule has 0 radical (unpaired) electrons. The van der Waals surface area contributed by atoms with Crippen molar-refractivity contribution in [1.82, 2.24) is 20.0 Å². The van der Waals surface area contributed by atoms with Crippen molar-refractivity contribution < 1.29 is 14.3 Å². The number of carbonyl (C=O) groups excluding carboxylic acids is 1. The summed E-state index contributed by atoms with van der Waals surface area (Å²) in [5, 5.41) is 9.63. The summed E-state index contributed by atoms with van der Waals surface area (Å²) in [6, 6.07) is 11.9. The highest BCUT2D eigenvalue weighted by molar-refractivity contribution is 7.10. The maximum atomic E-state index is 13.3. The molecule has 1 saturated heterocycles. The number of amides is 1. The van der Waals surface area contributed by atoms with Gasteiger partial charge in [-0.25, -0.2) is 0 Å². The van der Waals surface area contributed by atoms with Crippen LogP contribution in [-0.2, 0) is 4.74 Å². The van der Waals surface area contributed by atoms with Crippen LogP contribution in [0.2, 0.25) is 0 Å². The SMILES string of the molecule is COc1ccc(-c2n[nH]c3c2C(c2cccs2)N(CCCN2CCOCC2)C3=O)cc1. The van der Waals surface area contributed by atoms with Gasteiger partial charge in [-0.1, -0.05) is 6.07 Å². The number of ether oxygens (including phenoxy) is 2. The van der Waals surface area contributed by atoms with Crippen LogP contribution in [-0.4, -0.2) is 72.4 Å². The summed E-state index contributed by atoms with van der Waals surface area (Å²) >= 11 is 1.68. The highest BCUT2D eigenvalue weighted by atomic mass is 32.1. The van der Waals surface area contributed by atoms with Gasteiger partial charge in [-0.15, -0.1) is 11.3 Å². The number of benzene rings is 1. The molecule has 1 aromatic carbocycles. The summed E-state index contributed by atoms with van der Waals surface area (Å²) in [7, 11) is 1.65. The van der Waals surface area contributed by atoms with Crippen molar-refractivity contribution in [3.8, 4) is 17.0 Å². The fourth-order valence-electron chi connectivity index (χ4n) is 4.43. The van der Waals surface area contributed by atoms with Crippen LogP contribution >= 0.6 is 11.3 Å². The summed E-state index contributed by atoms with van der Waals surface area (Å²) in [5.41, 5.74) is 3.39. The van der Waals surface area contributed by atoms with Crippen molar-refractivity contribution >= 4 is 17.2 Å². The molecule has 1 unspecified atom stereocenters. The van der Waals surface area contributed by atoms with E-state index < -0.39 is 0 Å². The molecule has 5 rings (SSSR count). The second-order valence-corrected chi connectivity index (χ2v) is 8.79. The van der Waals surface area contributed by atoms with Gasteiger partial charge in [0.05, 0.1) is 32.1 Å². The lowest BCUT2D eigenvalue weighted by atomic mass is 10.0. The lowest BCUT2D eigenvalue weighted by Gasteiger charge is -2.29. The largest absolute Gasteiger partial charge is 0.497 e. The van der Waals surface area contributed by atoms with E-state index in [0.29, 0.717) is 12.2 Å². The molecule has 3 aromatic rings. The van der Waals surface area contributed by atoms with Crippen LogP contribution < -0.4 is 4.74 Å². The van der Waals surface area contributed by atoms with E-state index in [9.17, 15) is 4.79 Å². The first-order chi connectivity index (χ1) is 15.3. The van der Waals surface area contributed by atoms with Gasteiger partial charge in [-0.2, -0.15) is 5.10 Å². The summed E-state index contributed by atoms with van der Waals surface area (Å²) in [6.07, 6.45) is 0.934. The Morgan fingerprint density at radius 2 is 2.00 bits per heavy atom. The van der Waals surface area contributed by atoms with Gasteiger partial charge in [-0.05, 0) is 42.1 Å². The molecule has 1 N–H and O–H groups in total. The molecule has 7 nitrogen and oxygen atoms in total. The Bertz CT molecular complexity index is 1030. The predicted molar refractivity (Wildman–Crippen MR) is 120 cm³/mol. The van der Waals surface area contributed by atoms with Gasteiger partial charge in [-0.3, -0.25) is 14.8 Å². The molecular formula is C23H26N4O3S. The third kappa shape index (κ3) is 3.86. The zero-order chi connectivity index (χ0) is 21.2. The van der Waals surface area contributed by atoms with E-state index in [4.69, 9.17) is 9.47 Å². The third-order valence-electron chi connectivity index (χ3n) is 6.02. The predicted octanol–water partition coefficient (Wildman–Crippen LogP) is 3.41. The Kier molecular flexibility index (Phi) is 5.76. The molecule has 0 bridgehead atoms. The lowest BCUT2D eigenvalue weighted by molar-refractivity contribution is 0.0354. The van der Waals surface area contributed by atoms with Crippen LogP contribution in [0, 0.1) is 0 Å². The van der Waals surface area contributed by atoms with Crippen molar-refractivity contribution in [3.63, 3.8) is 0 Å². The van der Waals surface area contributed by atoms with Crippen LogP contribution in [0.1, 0.15) is 33.4 Å². The minimum Gasteiger partial charge on any atom is -0.497 e. The van der Waals surface area contributed by atoms with Crippen LogP contribution in [0.25, 0.3) is 11.3 Å². The van der Waals surface area contributed by atoms with Crippen molar-refractivity contribution in [1.29, 1.82) is 0 Å². The van der Waals surface area contributed by atoms with E-state index in [-0.39, 0.29) is 11.9 Å². The molecule has 162 valence electrons. The number of nitrogens with zero attached hydrogens (tertiary/aromatic N) is 3. The molecule has 1 amide bonds. The van der Waals surface area contributed by atoms with E-state index in [2.05, 4.69) is 26.5 Å². The molecule has 0 spiro atoms. The molecule has 1 atom stereocenters. The summed E-state index contributed by atoms with van der Waals surface area (Å²) in [5.74, 6) is 0.828. The molecular weight excluding hydrogens is 412 g/mol. The molecule has 0 aliphatic carbocycles. The first-order valence-electron chi connectivity index (χ1n) is 10.6. The number of aromatic amines is 1. The van der Waals surface area contributed by atoms with Crippen LogP contribution in [0.5, 0.6) is 5.75 Å². The van der Waals surface area contributed by atoms with Crippen LogP contribution in [0.3, 0.4) is 0 Å². The second kappa shape index (κ2) is 8.82. The van der Waals surface area contributed by atoms with Crippen molar-refractivity contribution in [2.24, 2.45) is 0 Å². The Morgan fingerprint density at radius 3 is 2.71 bits per heavy atom. The lowest BCUT2D eigenvalue weighted by Crippen LogP contribution is -2.38. The number of H-pyrrole nitrogens is 1. The quantitative estimate of drug-likeness (QED) is 0.612. The third-order valence-corrected chi connectivity index (χ3v) is 6.94. The number of rotatable bonds is 7. The van der Waals surface area contributed by atoms with E-state index in [1.54, 1.807) is 18.4 Å². The van der Waals surface area contributed by atoms with Gasteiger partial charge < -0.3 is 14.4 Å². The normalized spacial score (nSPS) is 19.1. The number of aromatic nitrogens is 2. The topological polar surface area (TPSA) is 70.7 Å². The fraction of sp³-hybridized carbons (Fsp3) is 0.391. The highest BCUT2D eigenvalue weighted by Crippen LogP contribution is 2.44. The number of methoxy groups -OCH3 is 1. The zero-order valence-electron chi connectivity index (χ0n) is 17.5. The van der Waals surface area contributed by atoms with E-state index in [1.807, 2.05) is 35.2 Å². The summed E-state index contributed by atoms with van der Waals surface area (Å²) in [4.78, 5) is 18.9. The number of carbonyl (C=O) groups is 1. The smallest absolute Gasteiger partial charge is 0.273 e. The number of nitrogens with one attached hydrogen (secondary N) is 1. The van der Waals surface area contributed by atoms with Crippen LogP contribution in [0.4, 0.5) is 0 Å². The second-order valence-electron chi connectivity index (χ2n) is 7.81. The standard InChI is InChI=1S/C23H26N4O3S/c1-29-17-7-5-16(6-8-17)20-19-21(25-24-20)23(28)27(22(19)18-4-2-15-31-18)10-3-9-26-11-13-30-14-12-26/h2,4-8,15,22H,3,9-14H2,1H3,(H,24,25). The Labute approximate surface area is 185 Å². The van der Waals surface area contributed by atoms with Gasteiger partial charge in [0.25, 0.3) is 5.91 Å². The number of hydrogen-bond donors (Lipinski definition) is 1.